The molecule has 0 aliphatic carbocycles. The highest BCUT2D eigenvalue weighted by Gasteiger charge is 2.49. The molecular weight excluding hydrogens is 430 g/mol. The first-order valence-electron chi connectivity index (χ1n) is 10.5. The van der Waals surface area contributed by atoms with Gasteiger partial charge in [-0.15, -0.1) is 0 Å². The number of carboxylic acid groups (broad SMARTS) is 1. The minimum absolute atomic E-state index is 0.0583. The summed E-state index contributed by atoms with van der Waals surface area (Å²) in [7, 11) is 0. The van der Waals surface area contributed by atoms with Gasteiger partial charge in [0.15, 0.2) is 5.66 Å². The van der Waals surface area contributed by atoms with Crippen molar-refractivity contribution in [2.45, 2.75) is 78.0 Å². The van der Waals surface area contributed by atoms with Crippen LogP contribution in [-0.2, 0) is 30.5 Å². The minimum Gasteiger partial charge on any atom is -0.478 e. The average Bonchev–Trinajstić information content (AvgIpc) is 2.64. The highest BCUT2D eigenvalue weighted by molar-refractivity contribution is 5.94. The smallest absolute Gasteiger partial charge is 0.409 e. The van der Waals surface area contributed by atoms with Gasteiger partial charge in [-0.25, -0.2) is 9.59 Å². The third-order valence-corrected chi connectivity index (χ3v) is 4.26. The summed E-state index contributed by atoms with van der Waals surface area (Å²) in [6.07, 6.45) is -1.38. The lowest BCUT2D eigenvalue weighted by atomic mass is 9.84. The van der Waals surface area contributed by atoms with Gasteiger partial charge in [-0.1, -0.05) is 51.1 Å². The van der Waals surface area contributed by atoms with Crippen molar-refractivity contribution in [1.29, 1.82) is 0 Å². The quantitative estimate of drug-likeness (QED) is 0.303. The molecule has 10 heteroatoms. The zero-order chi connectivity index (χ0) is 25.5. The van der Waals surface area contributed by atoms with Gasteiger partial charge < -0.3 is 30.4 Å². The van der Waals surface area contributed by atoms with Gasteiger partial charge in [-0.3, -0.25) is 10.1 Å². The number of carbonyl (C=O) groups excluding carboxylic acids is 3. The zero-order valence-electron chi connectivity index (χ0n) is 20.1. The van der Waals surface area contributed by atoms with E-state index in [-0.39, 0.29) is 13.0 Å². The maximum absolute atomic E-state index is 13.3. The van der Waals surface area contributed by atoms with Crippen LogP contribution in [0.2, 0.25) is 0 Å². The van der Waals surface area contributed by atoms with Crippen molar-refractivity contribution in [3.8, 4) is 0 Å². The fourth-order valence-corrected chi connectivity index (χ4v) is 3.20. The second kappa shape index (κ2) is 10.8. The number of alkyl carbamates (subject to hydrolysis) is 1. The topological polar surface area (TPSA) is 157 Å². The molecule has 184 valence electrons. The molecule has 1 rings (SSSR count). The van der Waals surface area contributed by atoms with Crippen LogP contribution in [0.15, 0.2) is 30.3 Å². The summed E-state index contributed by atoms with van der Waals surface area (Å²) in [4.78, 5) is 49.1. The van der Waals surface area contributed by atoms with Crippen LogP contribution in [0.5, 0.6) is 0 Å². The number of carbonyl (C=O) groups is 4. The van der Waals surface area contributed by atoms with Crippen LogP contribution in [0.1, 0.15) is 59.9 Å². The molecule has 0 aromatic heterocycles. The molecule has 0 heterocycles. The standard InChI is InChI=1S/C23H35N3O7/c1-20(2,3)15-22(24,26-19(31)32-14-16-10-8-7-9-11-16)17(28)25-23(12-13-27,18(29)30)33-21(4,5)6/h7-11,13H,12,14-15,24H2,1-6H3,(H,25,28)(H,26,31)(H,29,30)/t22-,23-/m0/s1. The fourth-order valence-electron chi connectivity index (χ4n) is 3.20. The van der Waals surface area contributed by atoms with E-state index in [2.05, 4.69) is 10.6 Å². The van der Waals surface area contributed by atoms with Gasteiger partial charge in [0.1, 0.15) is 12.9 Å². The van der Waals surface area contributed by atoms with Crippen molar-refractivity contribution in [1.82, 2.24) is 10.6 Å². The molecule has 1 aromatic rings. The van der Waals surface area contributed by atoms with Crippen molar-refractivity contribution in [3.05, 3.63) is 35.9 Å². The van der Waals surface area contributed by atoms with Crippen LogP contribution >= 0.6 is 0 Å². The van der Waals surface area contributed by atoms with Crippen molar-refractivity contribution in [3.63, 3.8) is 0 Å². The number of benzene rings is 1. The first-order valence-corrected chi connectivity index (χ1v) is 10.5. The molecule has 0 unspecified atom stereocenters. The van der Waals surface area contributed by atoms with Crippen molar-refractivity contribution < 1.29 is 33.8 Å². The first-order chi connectivity index (χ1) is 15.0. The van der Waals surface area contributed by atoms with Crippen molar-refractivity contribution in [2.75, 3.05) is 0 Å². The lowest BCUT2D eigenvalue weighted by Gasteiger charge is -2.40. The van der Waals surface area contributed by atoms with Gasteiger partial charge in [0.2, 0.25) is 5.72 Å². The minimum atomic E-state index is -2.38. The number of aldehydes is 1. The van der Waals surface area contributed by atoms with E-state index in [0.717, 1.165) is 5.56 Å². The Morgan fingerprint density at radius 1 is 1.03 bits per heavy atom. The van der Waals surface area contributed by atoms with Crippen LogP contribution in [0.3, 0.4) is 0 Å². The molecule has 2 amide bonds. The molecule has 10 nitrogen and oxygen atoms in total. The van der Waals surface area contributed by atoms with Crippen LogP contribution in [0.4, 0.5) is 4.79 Å². The summed E-state index contributed by atoms with van der Waals surface area (Å²) in [5.74, 6) is -2.62. The molecule has 0 spiro atoms. The Balaban J connectivity index is 3.18. The van der Waals surface area contributed by atoms with Crippen LogP contribution in [0.25, 0.3) is 0 Å². The summed E-state index contributed by atoms with van der Waals surface area (Å²) in [6.45, 7) is 10.0. The number of nitrogens with two attached hydrogens (primary N) is 1. The zero-order valence-corrected chi connectivity index (χ0v) is 20.1. The van der Waals surface area contributed by atoms with E-state index < -0.39 is 46.8 Å². The van der Waals surface area contributed by atoms with E-state index in [9.17, 15) is 24.3 Å². The summed E-state index contributed by atoms with van der Waals surface area (Å²) in [5.41, 5.74) is 1.01. The predicted octanol–water partition coefficient (Wildman–Crippen LogP) is 2.31. The van der Waals surface area contributed by atoms with Crippen LogP contribution in [-0.4, -0.2) is 46.4 Å². The van der Waals surface area contributed by atoms with Gasteiger partial charge >= 0.3 is 12.1 Å². The Kier molecular flexibility index (Phi) is 9.15. The number of carboxylic acids is 1. The second-order valence-electron chi connectivity index (χ2n) is 10.1. The normalized spacial score (nSPS) is 15.5. The number of amides is 2. The summed E-state index contributed by atoms with van der Waals surface area (Å²) >= 11 is 0. The van der Waals surface area contributed by atoms with E-state index in [1.54, 1.807) is 65.8 Å². The second-order valence-corrected chi connectivity index (χ2v) is 10.1. The number of ether oxygens (including phenoxy) is 2. The number of aliphatic carboxylic acids is 1. The van der Waals surface area contributed by atoms with E-state index >= 15 is 0 Å². The third-order valence-electron chi connectivity index (χ3n) is 4.26. The van der Waals surface area contributed by atoms with Crippen molar-refractivity contribution in [2.24, 2.45) is 11.1 Å². The van der Waals surface area contributed by atoms with E-state index in [1.807, 2.05) is 6.07 Å². The number of hydrogen-bond acceptors (Lipinski definition) is 7. The largest absolute Gasteiger partial charge is 0.478 e. The predicted molar refractivity (Wildman–Crippen MR) is 121 cm³/mol. The lowest BCUT2D eigenvalue weighted by molar-refractivity contribution is -0.196. The number of rotatable bonds is 10. The molecule has 5 N–H and O–H groups in total. The van der Waals surface area contributed by atoms with E-state index in [4.69, 9.17) is 15.2 Å². The van der Waals surface area contributed by atoms with Gasteiger partial charge in [0.25, 0.3) is 5.91 Å². The Morgan fingerprint density at radius 2 is 1.61 bits per heavy atom. The summed E-state index contributed by atoms with van der Waals surface area (Å²) in [6, 6.07) is 8.90. The molecule has 0 saturated heterocycles. The first kappa shape index (κ1) is 28.1. The van der Waals surface area contributed by atoms with E-state index in [0.29, 0.717) is 6.29 Å². The Hall–Kier alpha value is -2.98. The number of hydrogen-bond donors (Lipinski definition) is 4. The highest BCUT2D eigenvalue weighted by Crippen LogP contribution is 2.27. The molecule has 1 aromatic carbocycles. The lowest BCUT2D eigenvalue weighted by Crippen LogP contribution is -2.71. The maximum atomic E-state index is 13.3. The van der Waals surface area contributed by atoms with Gasteiger partial charge in [0, 0.05) is 0 Å². The Bertz CT molecular complexity index is 846. The molecular formula is C23H35N3O7. The molecule has 0 radical (unpaired) electrons. The number of nitrogens with one attached hydrogen (secondary N) is 2. The molecule has 0 aliphatic heterocycles. The van der Waals surface area contributed by atoms with Crippen LogP contribution < -0.4 is 16.4 Å². The average molecular weight is 466 g/mol. The highest BCUT2D eigenvalue weighted by atomic mass is 16.6. The monoisotopic (exact) mass is 465 g/mol. The van der Waals surface area contributed by atoms with E-state index in [1.165, 1.54) is 0 Å². The molecule has 33 heavy (non-hydrogen) atoms. The molecule has 0 aliphatic rings. The maximum Gasteiger partial charge on any atom is 0.409 e. The van der Waals surface area contributed by atoms with Gasteiger partial charge in [-0.05, 0) is 38.2 Å². The van der Waals surface area contributed by atoms with Crippen molar-refractivity contribution >= 4 is 24.3 Å². The summed E-state index contributed by atoms with van der Waals surface area (Å²) in [5, 5.41) is 14.4. The van der Waals surface area contributed by atoms with Gasteiger partial charge in [-0.2, -0.15) is 0 Å². The fraction of sp³-hybridized carbons (Fsp3) is 0.565. The van der Waals surface area contributed by atoms with Crippen LogP contribution in [0, 0.1) is 5.41 Å². The summed E-state index contributed by atoms with van der Waals surface area (Å²) < 4.78 is 10.8. The Labute approximate surface area is 194 Å². The molecule has 0 fully saturated rings. The molecule has 0 bridgehead atoms. The molecule has 2 atom stereocenters. The third kappa shape index (κ3) is 9.19. The molecule has 0 saturated carbocycles. The Morgan fingerprint density at radius 3 is 2.06 bits per heavy atom. The SMILES string of the molecule is CC(C)(C)C[C@](N)(NC(=O)OCc1ccccc1)C(=O)N[C@@](CC=O)(OC(C)(C)C)C(=O)O. The van der Waals surface area contributed by atoms with Gasteiger partial charge in [0.05, 0.1) is 12.0 Å².